The number of thiophene rings is 1. The van der Waals surface area contributed by atoms with E-state index in [0.29, 0.717) is 17.0 Å². The Morgan fingerprint density at radius 2 is 2.00 bits per heavy atom. The fourth-order valence-electron chi connectivity index (χ4n) is 6.00. The lowest BCUT2D eigenvalue weighted by Gasteiger charge is -2.33. The lowest BCUT2D eigenvalue weighted by molar-refractivity contribution is 0.0781. The number of ether oxygens (including phenoxy) is 1. The first-order valence-corrected chi connectivity index (χ1v) is 13.9. The number of likely N-dealkylation sites (tertiary alicyclic amines) is 1. The van der Waals surface area contributed by atoms with E-state index in [9.17, 15) is 9.59 Å². The summed E-state index contributed by atoms with van der Waals surface area (Å²) in [5.41, 5.74) is 3.11. The number of halogens is 1. The molecule has 6 rings (SSSR count). The predicted octanol–water partition coefficient (Wildman–Crippen LogP) is 4.70. The molecule has 3 atom stereocenters. The number of aryl methyl sites for hydroxylation is 2. The Labute approximate surface area is 223 Å². The van der Waals surface area contributed by atoms with E-state index >= 15 is 0 Å². The normalized spacial score (nSPS) is 21.2. The molecule has 1 aliphatic heterocycles. The summed E-state index contributed by atoms with van der Waals surface area (Å²) in [5.74, 6) is 1.57. The first-order chi connectivity index (χ1) is 17.8. The SMILES string of the molecule is CCN1CC2CC(Oc3c(C)cc(Cl)cc3-c3ccnc4cc(Cn5c(=O)ccn(C)c5=O)sc34)C1C2. The van der Waals surface area contributed by atoms with Gasteiger partial charge in [0.2, 0.25) is 0 Å². The summed E-state index contributed by atoms with van der Waals surface area (Å²) < 4.78 is 10.4. The van der Waals surface area contributed by atoms with Crippen molar-refractivity contribution in [3.05, 3.63) is 79.0 Å². The van der Waals surface area contributed by atoms with E-state index in [4.69, 9.17) is 16.3 Å². The van der Waals surface area contributed by atoms with Crippen molar-refractivity contribution in [2.24, 2.45) is 13.0 Å². The van der Waals surface area contributed by atoms with Crippen molar-refractivity contribution in [1.29, 1.82) is 0 Å². The number of likely N-dealkylation sites (N-methyl/N-ethyl adjacent to an activating group) is 1. The standard InChI is InChI=1S/C28H29ClN4O3S/c1-4-32-14-17-10-23(32)24(11-17)36-26-16(2)9-18(29)12-21(26)20-5-7-30-22-13-19(37-27(20)22)15-33-25(34)6-8-31(3)28(33)35/h5-9,12-13,17,23-24H,4,10-11,14-15H2,1-3H3. The first-order valence-electron chi connectivity index (χ1n) is 12.7. The Morgan fingerprint density at radius 1 is 1.16 bits per heavy atom. The molecular formula is C28H29ClN4O3S. The highest BCUT2D eigenvalue weighted by molar-refractivity contribution is 7.19. The summed E-state index contributed by atoms with van der Waals surface area (Å²) in [6, 6.07) is 9.74. The molecule has 2 fully saturated rings. The summed E-state index contributed by atoms with van der Waals surface area (Å²) in [6.07, 6.45) is 5.73. The third-order valence-corrected chi connectivity index (χ3v) is 9.11. The smallest absolute Gasteiger partial charge is 0.331 e. The Morgan fingerprint density at radius 3 is 2.78 bits per heavy atom. The number of fused-ring (bicyclic) bond motifs is 3. The largest absolute Gasteiger partial charge is 0.488 e. The molecule has 0 spiro atoms. The van der Waals surface area contributed by atoms with Crippen molar-refractivity contribution < 1.29 is 4.74 Å². The molecule has 2 bridgehead atoms. The van der Waals surface area contributed by atoms with Gasteiger partial charge in [0.05, 0.1) is 16.8 Å². The maximum atomic E-state index is 12.6. The summed E-state index contributed by atoms with van der Waals surface area (Å²) in [5, 5.41) is 0.657. The van der Waals surface area contributed by atoms with Gasteiger partial charge in [-0.1, -0.05) is 18.5 Å². The molecule has 0 radical (unpaired) electrons. The van der Waals surface area contributed by atoms with E-state index in [2.05, 4.69) is 16.8 Å². The van der Waals surface area contributed by atoms with E-state index in [1.165, 1.54) is 45.7 Å². The average Bonchev–Trinajstić information content (AvgIpc) is 3.59. The van der Waals surface area contributed by atoms with Crippen LogP contribution in [0.2, 0.25) is 5.02 Å². The van der Waals surface area contributed by atoms with Crippen molar-refractivity contribution in [3.63, 3.8) is 0 Å². The molecule has 0 N–H and O–H groups in total. The Balaban J connectivity index is 1.41. The van der Waals surface area contributed by atoms with E-state index in [0.717, 1.165) is 50.5 Å². The van der Waals surface area contributed by atoms with Crippen molar-refractivity contribution >= 4 is 33.2 Å². The quantitative estimate of drug-likeness (QED) is 0.357. The minimum Gasteiger partial charge on any atom is -0.488 e. The van der Waals surface area contributed by atoms with E-state index < -0.39 is 0 Å². The average molecular weight is 537 g/mol. The summed E-state index contributed by atoms with van der Waals surface area (Å²) in [4.78, 5) is 33.0. The second-order valence-corrected chi connectivity index (χ2v) is 11.7. The lowest BCUT2D eigenvalue weighted by Crippen LogP contribution is -2.43. The van der Waals surface area contributed by atoms with Crippen LogP contribution in [0, 0.1) is 12.8 Å². The van der Waals surface area contributed by atoms with Crippen molar-refractivity contribution in [2.45, 2.75) is 45.4 Å². The first kappa shape index (κ1) is 24.4. The number of rotatable bonds is 6. The highest BCUT2D eigenvalue weighted by Crippen LogP contribution is 2.45. The van der Waals surface area contributed by atoms with Gasteiger partial charge in [0.25, 0.3) is 5.56 Å². The fourth-order valence-corrected chi connectivity index (χ4v) is 7.40. The second kappa shape index (κ2) is 9.42. The van der Waals surface area contributed by atoms with E-state index in [1.807, 2.05) is 31.2 Å². The van der Waals surface area contributed by atoms with Gasteiger partial charge in [-0.15, -0.1) is 11.3 Å². The van der Waals surface area contributed by atoms with Gasteiger partial charge in [0, 0.05) is 59.1 Å². The second-order valence-electron chi connectivity index (χ2n) is 10.2. The Kier molecular flexibility index (Phi) is 6.21. The maximum Gasteiger partial charge on any atom is 0.331 e. The molecule has 4 aromatic rings. The zero-order valence-corrected chi connectivity index (χ0v) is 22.7. The molecule has 37 heavy (non-hydrogen) atoms. The summed E-state index contributed by atoms with van der Waals surface area (Å²) in [6.45, 7) is 6.68. The van der Waals surface area contributed by atoms with Crippen LogP contribution in [0.4, 0.5) is 0 Å². The zero-order chi connectivity index (χ0) is 25.8. The van der Waals surface area contributed by atoms with Crippen LogP contribution in [0.15, 0.2) is 52.3 Å². The predicted molar refractivity (Wildman–Crippen MR) is 148 cm³/mol. The number of benzene rings is 1. The number of hydrogen-bond donors (Lipinski definition) is 0. The van der Waals surface area contributed by atoms with Crippen molar-refractivity contribution in [3.8, 4) is 16.9 Å². The van der Waals surface area contributed by atoms with E-state index in [-0.39, 0.29) is 23.9 Å². The minimum absolute atomic E-state index is 0.162. The van der Waals surface area contributed by atoms with Crippen LogP contribution in [0.1, 0.15) is 30.2 Å². The molecule has 7 nitrogen and oxygen atoms in total. The Hall–Kier alpha value is -2.94. The number of nitrogens with zero attached hydrogens (tertiary/aromatic N) is 4. The molecule has 3 unspecified atom stereocenters. The molecule has 1 saturated carbocycles. The number of piperidine rings is 1. The molecular weight excluding hydrogens is 508 g/mol. The van der Waals surface area contributed by atoms with Crippen LogP contribution in [0.3, 0.4) is 0 Å². The summed E-state index contributed by atoms with van der Waals surface area (Å²) >= 11 is 8.10. The van der Waals surface area contributed by atoms with Crippen LogP contribution < -0.4 is 16.0 Å². The van der Waals surface area contributed by atoms with Crippen LogP contribution in [-0.2, 0) is 13.6 Å². The molecule has 3 aromatic heterocycles. The maximum absolute atomic E-state index is 12.6. The molecule has 4 heterocycles. The van der Waals surface area contributed by atoms with Gasteiger partial charge < -0.3 is 9.30 Å². The molecule has 1 aliphatic carbocycles. The minimum atomic E-state index is -0.341. The van der Waals surface area contributed by atoms with Crippen LogP contribution >= 0.6 is 22.9 Å². The molecule has 9 heteroatoms. The third-order valence-electron chi connectivity index (χ3n) is 7.75. The van der Waals surface area contributed by atoms with Gasteiger partial charge >= 0.3 is 5.69 Å². The third kappa shape index (κ3) is 4.31. The number of pyridine rings is 1. The summed E-state index contributed by atoms with van der Waals surface area (Å²) in [7, 11) is 1.64. The van der Waals surface area contributed by atoms with E-state index in [1.54, 1.807) is 13.2 Å². The van der Waals surface area contributed by atoms with Gasteiger partial charge in [-0.05, 0) is 62.1 Å². The highest BCUT2D eigenvalue weighted by atomic mass is 35.5. The molecule has 192 valence electrons. The van der Waals surface area contributed by atoms with Crippen molar-refractivity contribution in [2.75, 3.05) is 13.1 Å². The number of hydrogen-bond acceptors (Lipinski definition) is 6. The molecule has 0 amide bonds. The topological polar surface area (TPSA) is 69.4 Å². The lowest BCUT2D eigenvalue weighted by atomic mass is 10.0. The monoisotopic (exact) mass is 536 g/mol. The zero-order valence-electron chi connectivity index (χ0n) is 21.1. The molecule has 2 aliphatic rings. The Bertz CT molecular complexity index is 1620. The van der Waals surface area contributed by atoms with Crippen LogP contribution in [-0.4, -0.2) is 44.3 Å². The van der Waals surface area contributed by atoms with Gasteiger partial charge in [0.1, 0.15) is 11.9 Å². The van der Waals surface area contributed by atoms with Gasteiger partial charge in [0.15, 0.2) is 0 Å². The number of aromatic nitrogens is 3. The van der Waals surface area contributed by atoms with Crippen LogP contribution in [0.25, 0.3) is 21.3 Å². The fraction of sp³-hybridized carbons (Fsp3) is 0.393. The van der Waals surface area contributed by atoms with Gasteiger partial charge in [-0.2, -0.15) is 0 Å². The molecule has 1 aromatic carbocycles. The van der Waals surface area contributed by atoms with Gasteiger partial charge in [-0.25, -0.2) is 4.79 Å². The molecule has 1 saturated heterocycles. The van der Waals surface area contributed by atoms with Crippen molar-refractivity contribution in [1.82, 2.24) is 19.0 Å². The van der Waals surface area contributed by atoms with Crippen LogP contribution in [0.5, 0.6) is 5.75 Å². The highest BCUT2D eigenvalue weighted by Gasteiger charge is 2.45. The van der Waals surface area contributed by atoms with Gasteiger partial charge in [-0.3, -0.25) is 19.2 Å².